The number of hydrazine groups is 2. The summed E-state index contributed by atoms with van der Waals surface area (Å²) in [6.45, 7) is -1.77. The zero-order valence-corrected chi connectivity index (χ0v) is 17.1. The normalized spacial score (nSPS) is 11.0. The molecule has 3 amide bonds. The Labute approximate surface area is 179 Å². The minimum atomic E-state index is -0.904. The number of hydrogen-bond donors (Lipinski definition) is 6. The molecule has 9 N–H and O–H groups in total. The van der Waals surface area contributed by atoms with Crippen molar-refractivity contribution in [2.75, 3.05) is 39.5 Å². The van der Waals surface area contributed by atoms with E-state index in [1.807, 2.05) is 0 Å². The van der Waals surface area contributed by atoms with Crippen molar-refractivity contribution in [2.24, 2.45) is 17.4 Å². The number of nitrogens with zero attached hydrogens (tertiary/aromatic N) is 5. The SMILES string of the molecule is NCCCN(O)C(=O)CN(N)CN(O)C(=O)CN(N)CN(O)C(=O)Cc1ccccc1. The number of nitrogens with two attached hydrogens (primary N) is 3. The van der Waals surface area contributed by atoms with E-state index in [4.69, 9.17) is 17.4 Å². The second kappa shape index (κ2) is 13.6. The maximum Gasteiger partial charge on any atom is 0.262 e. The van der Waals surface area contributed by atoms with E-state index in [1.54, 1.807) is 30.3 Å². The van der Waals surface area contributed by atoms with Crippen LogP contribution in [0.3, 0.4) is 0 Å². The van der Waals surface area contributed by atoms with Gasteiger partial charge in [0.2, 0.25) is 0 Å². The fourth-order valence-corrected chi connectivity index (χ4v) is 2.34. The summed E-state index contributed by atoms with van der Waals surface area (Å²) in [4.78, 5) is 35.8. The molecule has 0 saturated carbocycles. The van der Waals surface area contributed by atoms with Gasteiger partial charge in [0.25, 0.3) is 17.7 Å². The Morgan fingerprint density at radius 3 is 1.77 bits per heavy atom. The number of benzene rings is 1. The van der Waals surface area contributed by atoms with Crippen LogP contribution in [0.25, 0.3) is 0 Å². The first-order valence-electron chi connectivity index (χ1n) is 9.35. The maximum absolute atomic E-state index is 12.0. The molecular formula is C17H30N8O6. The molecule has 0 aromatic heterocycles. The molecule has 0 saturated heterocycles. The molecule has 31 heavy (non-hydrogen) atoms. The van der Waals surface area contributed by atoms with Crippen molar-refractivity contribution in [3.8, 4) is 0 Å². The fraction of sp³-hybridized carbons (Fsp3) is 0.471. The summed E-state index contributed by atoms with van der Waals surface area (Å²) in [6, 6.07) is 8.73. The van der Waals surface area contributed by atoms with Crippen LogP contribution in [0, 0.1) is 0 Å². The van der Waals surface area contributed by atoms with E-state index in [0.717, 1.165) is 10.0 Å². The molecule has 0 unspecified atom stereocenters. The minimum Gasteiger partial charge on any atom is -0.330 e. The molecule has 1 aromatic carbocycles. The summed E-state index contributed by atoms with van der Waals surface area (Å²) in [6.07, 6.45) is 0.327. The summed E-state index contributed by atoms with van der Waals surface area (Å²) in [5.74, 6) is 8.89. The summed E-state index contributed by atoms with van der Waals surface area (Å²) in [5.41, 5.74) is 5.97. The van der Waals surface area contributed by atoms with Gasteiger partial charge in [0.15, 0.2) is 0 Å². The number of rotatable bonds is 13. The Kier molecular flexibility index (Phi) is 11.5. The Morgan fingerprint density at radius 1 is 0.774 bits per heavy atom. The molecular weight excluding hydrogens is 412 g/mol. The van der Waals surface area contributed by atoms with Gasteiger partial charge in [-0.25, -0.2) is 25.2 Å². The van der Waals surface area contributed by atoms with Gasteiger partial charge in [-0.05, 0) is 18.5 Å². The average molecular weight is 442 g/mol. The Hall–Kier alpha value is -2.69. The number of hydrogen-bond acceptors (Lipinski definition) is 11. The third-order valence-electron chi connectivity index (χ3n) is 3.94. The van der Waals surface area contributed by atoms with E-state index in [2.05, 4.69) is 0 Å². The van der Waals surface area contributed by atoms with Crippen molar-refractivity contribution in [2.45, 2.75) is 12.8 Å². The highest BCUT2D eigenvalue weighted by atomic mass is 16.5. The lowest BCUT2D eigenvalue weighted by molar-refractivity contribution is -0.186. The molecule has 0 heterocycles. The van der Waals surface area contributed by atoms with Crippen LogP contribution in [-0.4, -0.2) is 98.1 Å². The van der Waals surface area contributed by atoms with Gasteiger partial charge >= 0.3 is 0 Å². The van der Waals surface area contributed by atoms with Crippen LogP contribution in [0.5, 0.6) is 0 Å². The molecule has 0 fully saturated rings. The standard InChI is InChI=1S/C17H30N8O6/c18-7-4-8-23(29)16(27)10-21(19)13-25(31)17(28)11-22(20)12-24(30)15(26)9-14-5-2-1-3-6-14/h1-3,5-6,29-31H,4,7-13,18-20H2. The van der Waals surface area contributed by atoms with Crippen molar-refractivity contribution in [1.82, 2.24) is 25.2 Å². The summed E-state index contributed by atoms with van der Waals surface area (Å²) >= 11 is 0. The topological polar surface area (TPSA) is 206 Å². The third kappa shape index (κ3) is 10.3. The van der Waals surface area contributed by atoms with Crippen molar-refractivity contribution >= 4 is 17.7 Å². The summed E-state index contributed by atoms with van der Waals surface area (Å²) < 4.78 is 0. The first-order valence-corrected chi connectivity index (χ1v) is 9.35. The van der Waals surface area contributed by atoms with Gasteiger partial charge in [0, 0.05) is 6.54 Å². The number of carbonyl (C=O) groups excluding carboxylic acids is 3. The van der Waals surface area contributed by atoms with Gasteiger partial charge < -0.3 is 5.73 Å². The molecule has 0 spiro atoms. The monoisotopic (exact) mass is 442 g/mol. The van der Waals surface area contributed by atoms with Gasteiger partial charge in [-0.2, -0.15) is 0 Å². The molecule has 14 heteroatoms. The van der Waals surface area contributed by atoms with Crippen LogP contribution in [0.4, 0.5) is 0 Å². The highest BCUT2D eigenvalue weighted by molar-refractivity contribution is 5.79. The highest BCUT2D eigenvalue weighted by Crippen LogP contribution is 2.02. The Bertz CT molecular complexity index is 709. The van der Waals surface area contributed by atoms with Crippen molar-refractivity contribution in [3.05, 3.63) is 35.9 Å². The molecule has 0 bridgehead atoms. The van der Waals surface area contributed by atoms with E-state index in [1.165, 1.54) is 0 Å². The van der Waals surface area contributed by atoms with Crippen LogP contribution in [-0.2, 0) is 20.8 Å². The zero-order valence-electron chi connectivity index (χ0n) is 17.1. The predicted octanol–water partition coefficient (Wildman–Crippen LogP) is -2.50. The van der Waals surface area contributed by atoms with Crippen LogP contribution in [0.2, 0.25) is 0 Å². The molecule has 0 atom stereocenters. The molecule has 0 aliphatic carbocycles. The highest BCUT2D eigenvalue weighted by Gasteiger charge is 2.21. The van der Waals surface area contributed by atoms with Crippen molar-refractivity contribution in [3.63, 3.8) is 0 Å². The lowest BCUT2D eigenvalue weighted by atomic mass is 10.1. The minimum absolute atomic E-state index is 0.0216. The van der Waals surface area contributed by atoms with E-state index in [9.17, 15) is 30.0 Å². The first kappa shape index (κ1) is 26.3. The second-order valence-corrected chi connectivity index (χ2v) is 6.68. The van der Waals surface area contributed by atoms with Crippen LogP contribution in [0.15, 0.2) is 30.3 Å². The number of amides is 3. The van der Waals surface area contributed by atoms with E-state index in [0.29, 0.717) is 22.1 Å². The lowest BCUT2D eigenvalue weighted by Gasteiger charge is -2.26. The van der Waals surface area contributed by atoms with E-state index in [-0.39, 0.29) is 24.6 Å². The molecule has 14 nitrogen and oxygen atoms in total. The van der Waals surface area contributed by atoms with Crippen molar-refractivity contribution < 1.29 is 30.0 Å². The molecule has 174 valence electrons. The lowest BCUT2D eigenvalue weighted by Crippen LogP contribution is -2.52. The molecule has 1 aromatic rings. The van der Waals surface area contributed by atoms with E-state index < -0.39 is 44.1 Å². The molecule has 1 rings (SSSR count). The summed E-state index contributed by atoms with van der Waals surface area (Å²) in [5, 5.41) is 31.8. The van der Waals surface area contributed by atoms with Crippen LogP contribution in [0.1, 0.15) is 12.0 Å². The van der Waals surface area contributed by atoms with Crippen LogP contribution < -0.4 is 17.4 Å². The third-order valence-corrected chi connectivity index (χ3v) is 3.94. The maximum atomic E-state index is 12.0. The van der Waals surface area contributed by atoms with Gasteiger partial charge in [-0.1, -0.05) is 30.3 Å². The largest absolute Gasteiger partial charge is 0.330 e. The smallest absolute Gasteiger partial charge is 0.262 e. The van der Waals surface area contributed by atoms with E-state index >= 15 is 0 Å². The Morgan fingerprint density at radius 2 is 1.26 bits per heavy atom. The zero-order chi connectivity index (χ0) is 23.4. The predicted molar refractivity (Wildman–Crippen MR) is 106 cm³/mol. The van der Waals surface area contributed by atoms with Crippen LogP contribution >= 0.6 is 0 Å². The molecule has 0 aliphatic rings. The second-order valence-electron chi connectivity index (χ2n) is 6.68. The van der Waals surface area contributed by atoms with Gasteiger partial charge in [0.1, 0.15) is 13.3 Å². The number of hydroxylamine groups is 6. The van der Waals surface area contributed by atoms with Gasteiger partial charge in [-0.15, -0.1) is 0 Å². The fourth-order valence-electron chi connectivity index (χ4n) is 2.34. The first-order chi connectivity index (χ1) is 14.6. The van der Waals surface area contributed by atoms with Gasteiger partial charge in [0.05, 0.1) is 19.5 Å². The summed E-state index contributed by atoms with van der Waals surface area (Å²) in [7, 11) is 0. The molecule has 0 radical (unpaired) electrons. The van der Waals surface area contributed by atoms with Crippen molar-refractivity contribution in [1.29, 1.82) is 0 Å². The number of carbonyl (C=O) groups is 3. The Balaban J connectivity index is 2.39. The molecule has 0 aliphatic heterocycles. The van der Waals surface area contributed by atoms with Gasteiger partial charge in [-0.3, -0.25) is 41.7 Å². The quantitative estimate of drug-likeness (QED) is 0.0814. The average Bonchev–Trinajstić information content (AvgIpc) is 2.72.